The molecule has 3 nitrogen and oxygen atoms in total. The molecule has 0 atom stereocenters. The van der Waals surface area contributed by atoms with Gasteiger partial charge in [0.15, 0.2) is 11.5 Å². The molecule has 16 heavy (non-hydrogen) atoms. The summed E-state index contributed by atoms with van der Waals surface area (Å²) in [7, 11) is 0. The van der Waals surface area contributed by atoms with Gasteiger partial charge in [0.1, 0.15) is 0 Å². The summed E-state index contributed by atoms with van der Waals surface area (Å²) in [6.45, 7) is 7.01. The summed E-state index contributed by atoms with van der Waals surface area (Å²) in [6, 6.07) is 5.98. The molecular weight excluding hydrogens is 202 g/mol. The van der Waals surface area contributed by atoms with Crippen LogP contribution in [0.25, 0.3) is 0 Å². The van der Waals surface area contributed by atoms with Crippen LogP contribution in [-0.2, 0) is 0 Å². The van der Waals surface area contributed by atoms with Gasteiger partial charge in [-0.05, 0) is 18.6 Å². The first-order chi connectivity index (χ1) is 7.61. The number of hydrogen-bond donors (Lipinski definition) is 1. The molecule has 2 rings (SSSR count). The fraction of sp³-hybridized carbons (Fsp3) is 0.538. The zero-order valence-electron chi connectivity index (χ0n) is 10.2. The molecule has 1 aromatic rings. The summed E-state index contributed by atoms with van der Waals surface area (Å²) in [6.07, 6.45) is 2.38. The highest BCUT2D eigenvalue weighted by Crippen LogP contribution is 2.40. The second kappa shape index (κ2) is 4.24. The molecule has 3 heteroatoms. The van der Waals surface area contributed by atoms with Gasteiger partial charge >= 0.3 is 0 Å². The van der Waals surface area contributed by atoms with E-state index < -0.39 is 5.79 Å². The van der Waals surface area contributed by atoms with Crippen molar-refractivity contribution < 1.29 is 9.47 Å². The van der Waals surface area contributed by atoms with Crippen molar-refractivity contribution in [2.45, 2.75) is 39.4 Å². The minimum Gasteiger partial charge on any atom is -0.449 e. The van der Waals surface area contributed by atoms with Crippen LogP contribution in [0.15, 0.2) is 18.2 Å². The molecule has 1 aliphatic heterocycles. The third-order valence-electron chi connectivity index (χ3n) is 2.51. The largest absolute Gasteiger partial charge is 0.449 e. The monoisotopic (exact) mass is 221 g/mol. The SMILES string of the molecule is CCCCNc1ccc2c(c1)OC(C)(C)O2. The van der Waals surface area contributed by atoms with Crippen molar-refractivity contribution in [2.24, 2.45) is 0 Å². The van der Waals surface area contributed by atoms with E-state index >= 15 is 0 Å². The van der Waals surface area contributed by atoms with Gasteiger partial charge in [-0.15, -0.1) is 0 Å². The van der Waals surface area contributed by atoms with Crippen molar-refractivity contribution >= 4 is 5.69 Å². The van der Waals surface area contributed by atoms with Crippen LogP contribution in [0.2, 0.25) is 0 Å². The third kappa shape index (κ3) is 2.40. The maximum Gasteiger partial charge on any atom is 0.246 e. The second-order valence-corrected chi connectivity index (χ2v) is 4.55. The zero-order valence-corrected chi connectivity index (χ0v) is 10.2. The Morgan fingerprint density at radius 3 is 2.69 bits per heavy atom. The average Bonchev–Trinajstić information content (AvgIpc) is 2.51. The normalized spacial score (nSPS) is 16.2. The van der Waals surface area contributed by atoms with Crippen LogP contribution in [0.3, 0.4) is 0 Å². The minimum absolute atomic E-state index is 0.537. The number of rotatable bonds is 4. The van der Waals surface area contributed by atoms with Gasteiger partial charge in [0.2, 0.25) is 5.79 Å². The van der Waals surface area contributed by atoms with Crippen molar-refractivity contribution in [3.8, 4) is 11.5 Å². The molecule has 0 saturated carbocycles. The van der Waals surface area contributed by atoms with Crippen molar-refractivity contribution in [3.63, 3.8) is 0 Å². The number of anilines is 1. The molecule has 88 valence electrons. The Bertz CT molecular complexity index is 374. The molecular formula is C13H19NO2. The van der Waals surface area contributed by atoms with E-state index in [1.54, 1.807) is 0 Å². The maximum absolute atomic E-state index is 5.68. The molecule has 1 aliphatic rings. The molecule has 0 spiro atoms. The number of benzene rings is 1. The van der Waals surface area contributed by atoms with Crippen molar-refractivity contribution in [2.75, 3.05) is 11.9 Å². The Balaban J connectivity index is 2.04. The predicted molar refractivity (Wildman–Crippen MR) is 65.2 cm³/mol. The highest BCUT2D eigenvalue weighted by molar-refractivity contribution is 5.56. The average molecular weight is 221 g/mol. The smallest absolute Gasteiger partial charge is 0.246 e. The van der Waals surface area contributed by atoms with E-state index in [4.69, 9.17) is 9.47 Å². The highest BCUT2D eigenvalue weighted by atomic mass is 16.7. The van der Waals surface area contributed by atoms with Crippen LogP contribution in [-0.4, -0.2) is 12.3 Å². The fourth-order valence-corrected chi connectivity index (χ4v) is 1.74. The van der Waals surface area contributed by atoms with Crippen LogP contribution in [0.1, 0.15) is 33.6 Å². The van der Waals surface area contributed by atoms with E-state index in [0.29, 0.717) is 0 Å². The predicted octanol–water partition coefficient (Wildman–Crippen LogP) is 3.41. The molecule has 0 radical (unpaired) electrons. The van der Waals surface area contributed by atoms with Gasteiger partial charge in [0, 0.05) is 32.1 Å². The van der Waals surface area contributed by atoms with E-state index in [2.05, 4.69) is 12.2 Å². The number of ether oxygens (including phenoxy) is 2. The molecule has 0 unspecified atom stereocenters. The molecule has 1 aromatic carbocycles. The molecule has 0 aromatic heterocycles. The quantitative estimate of drug-likeness (QED) is 0.790. The summed E-state index contributed by atoms with van der Waals surface area (Å²) in [4.78, 5) is 0. The Hall–Kier alpha value is -1.38. The Kier molecular flexibility index (Phi) is 2.95. The highest BCUT2D eigenvalue weighted by Gasteiger charge is 2.31. The summed E-state index contributed by atoms with van der Waals surface area (Å²) >= 11 is 0. The Labute approximate surface area is 96.8 Å². The van der Waals surface area contributed by atoms with E-state index in [1.807, 2.05) is 32.0 Å². The summed E-state index contributed by atoms with van der Waals surface area (Å²) in [5, 5.41) is 3.37. The van der Waals surface area contributed by atoms with E-state index in [-0.39, 0.29) is 0 Å². The van der Waals surface area contributed by atoms with Gasteiger partial charge < -0.3 is 14.8 Å². The molecule has 0 bridgehead atoms. The first-order valence-corrected chi connectivity index (χ1v) is 5.87. The number of fused-ring (bicyclic) bond motifs is 1. The molecule has 1 N–H and O–H groups in total. The standard InChI is InChI=1S/C13H19NO2/c1-4-5-8-14-10-6-7-11-12(9-10)16-13(2,3)15-11/h6-7,9,14H,4-5,8H2,1-3H3. The Morgan fingerprint density at radius 2 is 1.94 bits per heavy atom. The third-order valence-corrected chi connectivity index (χ3v) is 2.51. The Morgan fingerprint density at radius 1 is 1.19 bits per heavy atom. The van der Waals surface area contributed by atoms with Crippen LogP contribution in [0.4, 0.5) is 5.69 Å². The number of unbranched alkanes of at least 4 members (excludes halogenated alkanes) is 1. The van der Waals surface area contributed by atoms with Crippen LogP contribution in [0.5, 0.6) is 11.5 Å². The lowest BCUT2D eigenvalue weighted by Crippen LogP contribution is -2.29. The maximum atomic E-state index is 5.68. The molecule has 0 fully saturated rings. The van der Waals surface area contributed by atoms with Crippen LogP contribution < -0.4 is 14.8 Å². The van der Waals surface area contributed by atoms with E-state index in [1.165, 1.54) is 12.8 Å². The minimum atomic E-state index is -0.537. The molecule has 0 saturated heterocycles. The molecule has 0 aliphatic carbocycles. The number of nitrogens with one attached hydrogen (secondary N) is 1. The van der Waals surface area contributed by atoms with Gasteiger partial charge in [-0.3, -0.25) is 0 Å². The van der Waals surface area contributed by atoms with Crippen molar-refractivity contribution in [1.29, 1.82) is 0 Å². The lowest BCUT2D eigenvalue weighted by atomic mass is 10.2. The molecule has 1 heterocycles. The van der Waals surface area contributed by atoms with Crippen molar-refractivity contribution in [3.05, 3.63) is 18.2 Å². The first kappa shape index (κ1) is 11.1. The fourth-order valence-electron chi connectivity index (χ4n) is 1.74. The lowest BCUT2D eigenvalue weighted by molar-refractivity contribution is -0.0431. The summed E-state index contributed by atoms with van der Waals surface area (Å²) in [5.41, 5.74) is 1.09. The summed E-state index contributed by atoms with van der Waals surface area (Å²) in [5.74, 6) is 1.11. The van der Waals surface area contributed by atoms with Gasteiger partial charge in [0.25, 0.3) is 0 Å². The summed E-state index contributed by atoms with van der Waals surface area (Å²) < 4.78 is 11.3. The van der Waals surface area contributed by atoms with Gasteiger partial charge in [-0.1, -0.05) is 13.3 Å². The topological polar surface area (TPSA) is 30.5 Å². The van der Waals surface area contributed by atoms with Crippen molar-refractivity contribution in [1.82, 2.24) is 0 Å². The van der Waals surface area contributed by atoms with E-state index in [0.717, 1.165) is 23.7 Å². The lowest BCUT2D eigenvalue weighted by Gasteiger charge is -2.16. The first-order valence-electron chi connectivity index (χ1n) is 5.87. The van der Waals surface area contributed by atoms with Gasteiger partial charge in [-0.25, -0.2) is 0 Å². The molecule has 0 amide bonds. The van der Waals surface area contributed by atoms with Crippen LogP contribution in [0, 0.1) is 0 Å². The zero-order chi connectivity index (χ0) is 11.6. The van der Waals surface area contributed by atoms with E-state index in [9.17, 15) is 0 Å². The second-order valence-electron chi connectivity index (χ2n) is 4.55. The van der Waals surface area contributed by atoms with Crippen LogP contribution >= 0.6 is 0 Å². The van der Waals surface area contributed by atoms with Gasteiger partial charge in [0.05, 0.1) is 0 Å². The number of hydrogen-bond acceptors (Lipinski definition) is 3. The van der Waals surface area contributed by atoms with Gasteiger partial charge in [-0.2, -0.15) is 0 Å².